The minimum absolute atomic E-state index is 0.0231. The van der Waals surface area contributed by atoms with Gasteiger partial charge in [0.15, 0.2) is 0 Å². The van der Waals surface area contributed by atoms with E-state index in [1.54, 1.807) is 36.4 Å². The normalized spacial score (nSPS) is 10.6. The van der Waals surface area contributed by atoms with E-state index in [2.05, 4.69) is 10.6 Å². The summed E-state index contributed by atoms with van der Waals surface area (Å²) in [6.45, 7) is 6.11. The summed E-state index contributed by atoms with van der Waals surface area (Å²) in [6.07, 6.45) is 0.862. The Morgan fingerprint density at radius 2 is 1.89 bits per heavy atom. The summed E-state index contributed by atoms with van der Waals surface area (Å²) < 4.78 is 5.65. The van der Waals surface area contributed by atoms with Crippen LogP contribution < -0.4 is 15.4 Å². The fraction of sp³-hybridized carbons (Fsp3) is 0.333. The lowest BCUT2D eigenvalue weighted by Crippen LogP contribution is -2.31. The standard InChI is InChI=1S/C21H25ClN2O3/c1-14(2)23-21(26)17-7-4-5-8-19(17)24-20(25)9-6-12-27-16-10-11-18(22)15(3)13-16/h4-5,7-8,10-11,13-14H,6,9,12H2,1-3H3,(H,23,26)(H,24,25). The molecule has 2 aromatic carbocycles. The molecular formula is C21H25ClN2O3. The van der Waals surface area contributed by atoms with Crippen LogP contribution in [0.3, 0.4) is 0 Å². The predicted octanol–water partition coefficient (Wildman–Crippen LogP) is 4.58. The van der Waals surface area contributed by atoms with Crippen LogP contribution in [0.5, 0.6) is 5.75 Å². The fourth-order valence-electron chi connectivity index (χ4n) is 2.47. The van der Waals surface area contributed by atoms with E-state index in [0.29, 0.717) is 35.7 Å². The van der Waals surface area contributed by atoms with Gasteiger partial charge in [0, 0.05) is 17.5 Å². The highest BCUT2D eigenvalue weighted by atomic mass is 35.5. The van der Waals surface area contributed by atoms with Crippen molar-refractivity contribution in [2.45, 2.75) is 39.7 Å². The molecule has 0 aromatic heterocycles. The number of amides is 2. The third-order valence-corrected chi connectivity index (χ3v) is 4.24. The topological polar surface area (TPSA) is 67.4 Å². The highest BCUT2D eigenvalue weighted by molar-refractivity contribution is 6.31. The van der Waals surface area contributed by atoms with Gasteiger partial charge in [0.25, 0.3) is 5.91 Å². The number of nitrogens with one attached hydrogen (secondary N) is 2. The maximum absolute atomic E-state index is 12.2. The molecule has 5 nitrogen and oxygen atoms in total. The Morgan fingerprint density at radius 3 is 2.59 bits per heavy atom. The van der Waals surface area contributed by atoms with Crippen molar-refractivity contribution >= 4 is 29.1 Å². The number of anilines is 1. The van der Waals surface area contributed by atoms with E-state index in [-0.39, 0.29) is 17.9 Å². The first-order valence-corrected chi connectivity index (χ1v) is 9.33. The molecule has 6 heteroatoms. The third kappa shape index (κ3) is 6.61. The fourth-order valence-corrected chi connectivity index (χ4v) is 2.59. The van der Waals surface area contributed by atoms with E-state index in [4.69, 9.17) is 16.3 Å². The van der Waals surface area contributed by atoms with E-state index < -0.39 is 0 Å². The van der Waals surface area contributed by atoms with Crippen LogP contribution in [0.4, 0.5) is 5.69 Å². The Bertz CT molecular complexity index is 806. The van der Waals surface area contributed by atoms with E-state index in [1.165, 1.54) is 0 Å². The van der Waals surface area contributed by atoms with Crippen molar-refractivity contribution in [3.8, 4) is 5.75 Å². The summed E-state index contributed by atoms with van der Waals surface area (Å²) in [7, 11) is 0. The molecular weight excluding hydrogens is 364 g/mol. The van der Waals surface area contributed by atoms with Gasteiger partial charge in [-0.1, -0.05) is 23.7 Å². The molecule has 0 atom stereocenters. The lowest BCUT2D eigenvalue weighted by atomic mass is 10.1. The second-order valence-corrected chi connectivity index (χ2v) is 6.99. The van der Waals surface area contributed by atoms with Gasteiger partial charge in [0.05, 0.1) is 17.9 Å². The van der Waals surface area contributed by atoms with Gasteiger partial charge < -0.3 is 15.4 Å². The molecule has 0 unspecified atom stereocenters. The SMILES string of the molecule is Cc1cc(OCCCC(=O)Nc2ccccc2C(=O)NC(C)C)ccc1Cl. The van der Waals surface area contributed by atoms with Crippen LogP contribution in [0, 0.1) is 6.92 Å². The minimum Gasteiger partial charge on any atom is -0.494 e. The Balaban J connectivity index is 1.83. The Labute approximate surface area is 165 Å². The average molecular weight is 389 g/mol. The van der Waals surface area contributed by atoms with Gasteiger partial charge in [0.2, 0.25) is 5.91 Å². The van der Waals surface area contributed by atoms with Gasteiger partial charge in [-0.25, -0.2) is 0 Å². The highest BCUT2D eigenvalue weighted by Crippen LogP contribution is 2.21. The number of ether oxygens (including phenoxy) is 1. The van der Waals surface area contributed by atoms with Crippen LogP contribution in [-0.4, -0.2) is 24.5 Å². The summed E-state index contributed by atoms with van der Waals surface area (Å²) in [5.41, 5.74) is 1.91. The molecule has 0 aliphatic heterocycles. The number of hydrogen-bond acceptors (Lipinski definition) is 3. The molecule has 0 aliphatic carbocycles. The summed E-state index contributed by atoms with van der Waals surface area (Å²) in [4.78, 5) is 24.4. The van der Waals surface area contributed by atoms with E-state index in [1.807, 2.05) is 26.8 Å². The lowest BCUT2D eigenvalue weighted by molar-refractivity contribution is -0.116. The van der Waals surface area contributed by atoms with Crippen LogP contribution in [0.1, 0.15) is 42.6 Å². The minimum atomic E-state index is -0.206. The molecule has 2 rings (SSSR count). The molecule has 0 bridgehead atoms. The first-order chi connectivity index (χ1) is 12.9. The van der Waals surface area contributed by atoms with Crippen LogP contribution in [0.25, 0.3) is 0 Å². The van der Waals surface area contributed by atoms with E-state index >= 15 is 0 Å². The third-order valence-electron chi connectivity index (χ3n) is 3.81. The number of halogens is 1. The van der Waals surface area contributed by atoms with E-state index in [0.717, 1.165) is 11.3 Å². The second-order valence-electron chi connectivity index (χ2n) is 6.58. The Hall–Kier alpha value is -2.53. The predicted molar refractivity (Wildman–Crippen MR) is 109 cm³/mol. The maximum Gasteiger partial charge on any atom is 0.253 e. The number of aryl methyl sites for hydroxylation is 1. The average Bonchev–Trinajstić information content (AvgIpc) is 2.61. The first kappa shape index (κ1) is 20.8. The first-order valence-electron chi connectivity index (χ1n) is 8.95. The van der Waals surface area contributed by atoms with Crippen LogP contribution in [-0.2, 0) is 4.79 Å². The summed E-state index contributed by atoms with van der Waals surface area (Å²) in [5.74, 6) is 0.367. The van der Waals surface area contributed by atoms with Crippen molar-refractivity contribution in [2.75, 3.05) is 11.9 Å². The van der Waals surface area contributed by atoms with Gasteiger partial charge >= 0.3 is 0 Å². The molecule has 0 fully saturated rings. The number of carbonyl (C=O) groups excluding carboxylic acids is 2. The number of para-hydroxylation sites is 1. The van der Waals surface area contributed by atoms with E-state index in [9.17, 15) is 9.59 Å². The zero-order chi connectivity index (χ0) is 19.8. The molecule has 2 aromatic rings. The molecule has 0 heterocycles. The van der Waals surface area contributed by atoms with Crippen LogP contribution in [0.2, 0.25) is 5.02 Å². The molecule has 2 amide bonds. The van der Waals surface area contributed by atoms with Gasteiger partial charge in [0.1, 0.15) is 5.75 Å². The van der Waals surface area contributed by atoms with Crippen molar-refractivity contribution in [1.82, 2.24) is 5.32 Å². The lowest BCUT2D eigenvalue weighted by Gasteiger charge is -2.13. The number of benzene rings is 2. The zero-order valence-electron chi connectivity index (χ0n) is 15.8. The summed E-state index contributed by atoms with van der Waals surface area (Å²) >= 11 is 5.99. The van der Waals surface area contributed by atoms with Crippen molar-refractivity contribution in [1.29, 1.82) is 0 Å². The van der Waals surface area contributed by atoms with Gasteiger partial charge in [-0.2, -0.15) is 0 Å². The molecule has 0 spiro atoms. The smallest absolute Gasteiger partial charge is 0.253 e. The maximum atomic E-state index is 12.2. The van der Waals surface area contributed by atoms with Gasteiger partial charge in [-0.3, -0.25) is 9.59 Å². The van der Waals surface area contributed by atoms with Crippen molar-refractivity contribution in [3.63, 3.8) is 0 Å². The number of rotatable bonds is 8. The Kier molecular flexibility index (Phi) is 7.67. The molecule has 0 saturated carbocycles. The van der Waals surface area contributed by atoms with Crippen LogP contribution in [0.15, 0.2) is 42.5 Å². The molecule has 27 heavy (non-hydrogen) atoms. The zero-order valence-corrected chi connectivity index (χ0v) is 16.6. The molecule has 2 N–H and O–H groups in total. The highest BCUT2D eigenvalue weighted by Gasteiger charge is 2.13. The van der Waals surface area contributed by atoms with Crippen molar-refractivity contribution in [2.24, 2.45) is 0 Å². The quantitative estimate of drug-likeness (QED) is 0.650. The molecule has 0 saturated heterocycles. The van der Waals surface area contributed by atoms with Crippen molar-refractivity contribution in [3.05, 3.63) is 58.6 Å². The molecule has 144 valence electrons. The largest absolute Gasteiger partial charge is 0.494 e. The monoisotopic (exact) mass is 388 g/mol. The van der Waals surface area contributed by atoms with Gasteiger partial charge in [-0.15, -0.1) is 0 Å². The molecule has 0 radical (unpaired) electrons. The molecule has 0 aliphatic rings. The summed E-state index contributed by atoms with van der Waals surface area (Å²) in [6, 6.07) is 12.5. The van der Waals surface area contributed by atoms with Crippen molar-refractivity contribution < 1.29 is 14.3 Å². The van der Waals surface area contributed by atoms with Gasteiger partial charge in [-0.05, 0) is 63.1 Å². The second kappa shape index (κ2) is 9.97. The summed E-state index contributed by atoms with van der Waals surface area (Å²) in [5, 5.41) is 6.34. The number of hydrogen-bond donors (Lipinski definition) is 2. The Morgan fingerprint density at radius 1 is 1.15 bits per heavy atom. The number of carbonyl (C=O) groups is 2. The van der Waals surface area contributed by atoms with Crippen LogP contribution >= 0.6 is 11.6 Å².